The molecule has 0 aromatic heterocycles. The first kappa shape index (κ1) is 10.9. The molecule has 0 atom stereocenters. The summed E-state index contributed by atoms with van der Waals surface area (Å²) in [5, 5.41) is 2.34. The fourth-order valence-electron chi connectivity index (χ4n) is 0.926. The van der Waals surface area contributed by atoms with Crippen LogP contribution in [0.4, 0.5) is 8.78 Å². The van der Waals surface area contributed by atoms with Gasteiger partial charge in [0.15, 0.2) is 11.6 Å². The molecule has 1 amide bonds. The van der Waals surface area contributed by atoms with E-state index in [2.05, 4.69) is 5.32 Å². The Kier molecular flexibility index (Phi) is 3.83. The van der Waals surface area contributed by atoms with Crippen LogP contribution >= 0.6 is 11.6 Å². The molecule has 0 aliphatic rings. The van der Waals surface area contributed by atoms with Gasteiger partial charge in [-0.1, -0.05) is 12.1 Å². The Bertz CT molecular complexity index is 344. The van der Waals surface area contributed by atoms with Gasteiger partial charge in [-0.05, 0) is 6.07 Å². The minimum Gasteiger partial charge on any atom is -0.351 e. The Morgan fingerprint density at radius 2 is 2.14 bits per heavy atom. The van der Waals surface area contributed by atoms with Crippen molar-refractivity contribution in [2.75, 3.05) is 5.88 Å². The van der Waals surface area contributed by atoms with Gasteiger partial charge in [0.05, 0.1) is 0 Å². The standard InChI is InChI=1S/C9H8ClF2NO/c10-4-8(14)13-5-6-2-1-3-7(11)9(6)12/h1-3H,4-5H2,(H,13,14). The van der Waals surface area contributed by atoms with Crippen molar-refractivity contribution in [2.24, 2.45) is 0 Å². The van der Waals surface area contributed by atoms with Gasteiger partial charge in [0.1, 0.15) is 5.88 Å². The van der Waals surface area contributed by atoms with E-state index in [0.29, 0.717) is 0 Å². The van der Waals surface area contributed by atoms with Crippen LogP contribution < -0.4 is 5.32 Å². The number of alkyl halides is 1. The first-order chi connectivity index (χ1) is 6.65. The zero-order valence-electron chi connectivity index (χ0n) is 7.19. The van der Waals surface area contributed by atoms with E-state index >= 15 is 0 Å². The zero-order valence-corrected chi connectivity index (χ0v) is 7.94. The second kappa shape index (κ2) is 4.91. The number of carbonyl (C=O) groups excluding carboxylic acids is 1. The quantitative estimate of drug-likeness (QED) is 0.772. The lowest BCUT2D eigenvalue weighted by Crippen LogP contribution is -2.24. The molecule has 0 spiro atoms. The molecular weight excluding hydrogens is 212 g/mol. The fraction of sp³-hybridized carbons (Fsp3) is 0.222. The average Bonchev–Trinajstić information content (AvgIpc) is 2.20. The van der Waals surface area contributed by atoms with Crippen molar-refractivity contribution < 1.29 is 13.6 Å². The molecule has 76 valence electrons. The van der Waals surface area contributed by atoms with Crippen molar-refractivity contribution in [3.05, 3.63) is 35.4 Å². The number of benzene rings is 1. The van der Waals surface area contributed by atoms with Crippen molar-refractivity contribution in [2.45, 2.75) is 6.54 Å². The molecule has 1 aromatic rings. The lowest BCUT2D eigenvalue weighted by molar-refractivity contribution is -0.118. The number of halogens is 3. The molecule has 0 radical (unpaired) electrons. The molecule has 14 heavy (non-hydrogen) atoms. The molecule has 1 aromatic carbocycles. The van der Waals surface area contributed by atoms with E-state index in [1.54, 1.807) is 0 Å². The first-order valence-electron chi connectivity index (χ1n) is 3.90. The van der Waals surface area contributed by atoms with E-state index in [0.717, 1.165) is 6.07 Å². The Morgan fingerprint density at radius 1 is 1.43 bits per heavy atom. The van der Waals surface area contributed by atoms with E-state index < -0.39 is 17.5 Å². The first-order valence-corrected chi connectivity index (χ1v) is 4.44. The van der Waals surface area contributed by atoms with Crippen LogP contribution in [0.15, 0.2) is 18.2 Å². The number of hydrogen-bond donors (Lipinski definition) is 1. The maximum Gasteiger partial charge on any atom is 0.235 e. The van der Waals surface area contributed by atoms with Crippen LogP contribution in [-0.4, -0.2) is 11.8 Å². The molecule has 0 unspecified atom stereocenters. The highest BCUT2D eigenvalue weighted by Crippen LogP contribution is 2.10. The summed E-state index contributed by atoms with van der Waals surface area (Å²) in [7, 11) is 0. The molecule has 0 aliphatic heterocycles. The molecule has 1 rings (SSSR count). The summed E-state index contributed by atoms with van der Waals surface area (Å²) in [5.41, 5.74) is 0.100. The van der Waals surface area contributed by atoms with Crippen LogP contribution in [-0.2, 0) is 11.3 Å². The largest absolute Gasteiger partial charge is 0.351 e. The highest BCUT2D eigenvalue weighted by Gasteiger charge is 2.07. The van der Waals surface area contributed by atoms with Crippen LogP contribution in [0.3, 0.4) is 0 Å². The van der Waals surface area contributed by atoms with Gasteiger partial charge < -0.3 is 5.32 Å². The van der Waals surface area contributed by atoms with Gasteiger partial charge in [-0.25, -0.2) is 8.78 Å². The summed E-state index contributed by atoms with van der Waals surface area (Å²) < 4.78 is 25.7. The minimum absolute atomic E-state index is 0.0604. The molecule has 0 fully saturated rings. The van der Waals surface area contributed by atoms with Gasteiger partial charge >= 0.3 is 0 Å². The third-order valence-electron chi connectivity index (χ3n) is 1.63. The maximum atomic E-state index is 13.0. The number of carbonyl (C=O) groups is 1. The molecule has 0 saturated carbocycles. The van der Waals surface area contributed by atoms with E-state index in [1.807, 2.05) is 0 Å². The van der Waals surface area contributed by atoms with Crippen LogP contribution in [0.2, 0.25) is 0 Å². The van der Waals surface area contributed by atoms with Crippen LogP contribution in [0.25, 0.3) is 0 Å². The van der Waals surface area contributed by atoms with Crippen LogP contribution in [0.5, 0.6) is 0 Å². The third kappa shape index (κ3) is 2.67. The summed E-state index contributed by atoms with van der Waals surface area (Å²) in [5.74, 6) is -2.49. The van der Waals surface area contributed by atoms with Gasteiger partial charge in [-0.3, -0.25) is 4.79 Å². The molecule has 0 saturated heterocycles. The van der Waals surface area contributed by atoms with E-state index in [-0.39, 0.29) is 18.0 Å². The maximum absolute atomic E-state index is 13.0. The Labute approximate surface area is 84.9 Å². The van der Waals surface area contributed by atoms with Crippen molar-refractivity contribution in [1.29, 1.82) is 0 Å². The summed E-state index contributed by atoms with van der Waals surface area (Å²) in [6, 6.07) is 3.79. The molecule has 5 heteroatoms. The van der Waals surface area contributed by atoms with Crippen molar-refractivity contribution in [1.82, 2.24) is 5.32 Å². The van der Waals surface area contributed by atoms with Gasteiger partial charge in [0.2, 0.25) is 5.91 Å². The highest BCUT2D eigenvalue weighted by molar-refractivity contribution is 6.27. The minimum atomic E-state index is -0.942. The summed E-state index contributed by atoms with van der Waals surface area (Å²) in [6.45, 7) is -0.0604. The second-order valence-corrected chi connectivity index (χ2v) is 2.89. The van der Waals surface area contributed by atoms with E-state index in [1.165, 1.54) is 12.1 Å². The smallest absolute Gasteiger partial charge is 0.235 e. The predicted molar refractivity (Wildman–Crippen MR) is 48.9 cm³/mol. The van der Waals surface area contributed by atoms with Crippen molar-refractivity contribution >= 4 is 17.5 Å². The van der Waals surface area contributed by atoms with Crippen LogP contribution in [0.1, 0.15) is 5.56 Å². The van der Waals surface area contributed by atoms with Crippen LogP contribution in [0, 0.1) is 11.6 Å². The number of nitrogens with one attached hydrogen (secondary N) is 1. The highest BCUT2D eigenvalue weighted by atomic mass is 35.5. The Balaban J connectivity index is 2.68. The number of hydrogen-bond acceptors (Lipinski definition) is 1. The zero-order chi connectivity index (χ0) is 10.6. The SMILES string of the molecule is O=C(CCl)NCc1cccc(F)c1F. The Hall–Kier alpha value is -1.16. The monoisotopic (exact) mass is 219 g/mol. The van der Waals surface area contributed by atoms with Crippen molar-refractivity contribution in [3.63, 3.8) is 0 Å². The summed E-state index contributed by atoms with van der Waals surface area (Å²) in [6.07, 6.45) is 0. The molecular formula is C9H8ClF2NO. The van der Waals surface area contributed by atoms with E-state index in [9.17, 15) is 13.6 Å². The number of amides is 1. The predicted octanol–water partition coefficient (Wildman–Crippen LogP) is 1.82. The topological polar surface area (TPSA) is 29.1 Å². The lowest BCUT2D eigenvalue weighted by atomic mass is 10.2. The molecule has 2 nitrogen and oxygen atoms in total. The molecule has 0 heterocycles. The summed E-state index contributed by atoms with van der Waals surface area (Å²) >= 11 is 5.21. The van der Waals surface area contributed by atoms with Gasteiger partial charge in [0.25, 0.3) is 0 Å². The lowest BCUT2D eigenvalue weighted by Gasteiger charge is -2.04. The second-order valence-electron chi connectivity index (χ2n) is 2.62. The third-order valence-corrected chi connectivity index (χ3v) is 1.87. The van der Waals surface area contributed by atoms with E-state index in [4.69, 9.17) is 11.6 Å². The fourth-order valence-corrected chi connectivity index (χ4v) is 1.02. The van der Waals surface area contributed by atoms with Gasteiger partial charge in [-0.2, -0.15) is 0 Å². The molecule has 0 bridgehead atoms. The Morgan fingerprint density at radius 3 is 2.79 bits per heavy atom. The molecule has 1 N–H and O–H groups in total. The van der Waals surface area contributed by atoms with Gasteiger partial charge in [0, 0.05) is 12.1 Å². The number of rotatable bonds is 3. The summed E-state index contributed by atoms with van der Waals surface area (Å²) in [4.78, 5) is 10.7. The van der Waals surface area contributed by atoms with Crippen molar-refractivity contribution in [3.8, 4) is 0 Å². The van der Waals surface area contributed by atoms with Gasteiger partial charge in [-0.15, -0.1) is 11.6 Å². The normalized spacial score (nSPS) is 9.93. The molecule has 0 aliphatic carbocycles. The average molecular weight is 220 g/mol.